The molecule has 0 aromatic heterocycles. The second-order valence-electron chi connectivity index (χ2n) is 7.85. The van der Waals surface area contributed by atoms with Gasteiger partial charge < -0.3 is 0 Å². The number of benzene rings is 3. The molecule has 3 aromatic rings. The summed E-state index contributed by atoms with van der Waals surface area (Å²) in [4.78, 5) is 6.75. The first-order chi connectivity index (χ1) is 16.7. The van der Waals surface area contributed by atoms with E-state index in [1.807, 2.05) is 0 Å². The largest absolute Gasteiger partial charge is 0.295 e. The Balaban J connectivity index is 2.32. The minimum absolute atomic E-state index is 0.156. The Bertz CT molecular complexity index is 1890. The van der Waals surface area contributed by atoms with E-state index in [9.17, 15) is 47.6 Å². The molecule has 0 atom stereocenters. The van der Waals surface area contributed by atoms with Crippen molar-refractivity contribution in [2.24, 2.45) is 0 Å². The van der Waals surface area contributed by atoms with Gasteiger partial charge in [0.15, 0.2) is 5.78 Å². The fraction of sp³-hybridized carbons (Fsp3) is 0.0952. The summed E-state index contributed by atoms with van der Waals surface area (Å²) in [5.74, 6) is -0.703. The molecular formula is C21H18O12S4. The van der Waals surface area contributed by atoms with Crippen LogP contribution in [0.5, 0.6) is 0 Å². The van der Waals surface area contributed by atoms with E-state index in [-0.39, 0.29) is 17.2 Å². The molecule has 0 aliphatic rings. The van der Waals surface area contributed by atoms with Crippen LogP contribution in [0.25, 0.3) is 0 Å². The smallest absolute Gasteiger partial charge is 0.289 e. The summed E-state index contributed by atoms with van der Waals surface area (Å²) in [6.07, 6.45) is 0. The van der Waals surface area contributed by atoms with E-state index in [2.05, 4.69) is 0 Å². The van der Waals surface area contributed by atoms with Crippen LogP contribution in [0.15, 0.2) is 79.1 Å². The van der Waals surface area contributed by atoms with Gasteiger partial charge in [-0.1, -0.05) is 17.7 Å². The van der Waals surface area contributed by atoms with Crippen LogP contribution in [0.1, 0.15) is 27.0 Å². The molecule has 3 rings (SSSR count). The molecule has 198 valence electrons. The van der Waals surface area contributed by atoms with Crippen LogP contribution in [-0.4, -0.2) is 53.1 Å². The third-order valence-corrected chi connectivity index (χ3v) is 9.96. The summed E-state index contributed by atoms with van der Waals surface area (Å²) in [5.41, 5.74) is 1.08. The first-order valence-electron chi connectivity index (χ1n) is 9.82. The van der Waals surface area contributed by atoms with E-state index >= 15 is 0 Å². The second-order valence-corrected chi connectivity index (χ2v) is 13.9. The highest BCUT2D eigenvalue weighted by Gasteiger charge is 2.33. The Morgan fingerprint density at radius 1 is 0.595 bits per heavy atom. The molecule has 16 heteroatoms. The molecule has 0 heterocycles. The maximum absolute atomic E-state index is 13.3. The first kappa shape index (κ1) is 28.6. The average molecular weight is 591 g/mol. The standard InChI is InChI=1S/C21H18O12S4/c1-12-3-4-13(2)16(9-12)21(22)14-5-7-17(19(10-14)36(28,29)30)34(23,24)18-8-6-15(35(25,26)27)11-20(18)37(31,32)33/h3-11H,1-2H3,(H,25,26,27)(H,28,29,30)(H,31,32,33). The number of sulfone groups is 1. The van der Waals surface area contributed by atoms with Gasteiger partial charge in [-0.3, -0.25) is 18.5 Å². The maximum atomic E-state index is 13.3. The monoisotopic (exact) mass is 590 g/mol. The molecule has 0 spiro atoms. The van der Waals surface area contributed by atoms with Gasteiger partial charge in [0.05, 0.1) is 14.7 Å². The number of hydrogen-bond donors (Lipinski definition) is 3. The highest BCUT2D eigenvalue weighted by molar-refractivity contribution is 7.94. The van der Waals surface area contributed by atoms with E-state index in [1.54, 1.807) is 26.0 Å². The van der Waals surface area contributed by atoms with Crippen molar-refractivity contribution in [3.8, 4) is 0 Å². The van der Waals surface area contributed by atoms with Gasteiger partial charge in [0.25, 0.3) is 30.4 Å². The average Bonchev–Trinajstić information content (AvgIpc) is 2.77. The molecule has 0 saturated heterocycles. The zero-order valence-corrected chi connectivity index (χ0v) is 22.1. The summed E-state index contributed by atoms with van der Waals surface area (Å²) in [7, 11) is -21.0. The molecule has 0 aliphatic heterocycles. The fourth-order valence-corrected chi connectivity index (χ4v) is 7.85. The highest BCUT2D eigenvalue weighted by Crippen LogP contribution is 2.33. The molecule has 0 amide bonds. The molecule has 0 bridgehead atoms. The molecule has 37 heavy (non-hydrogen) atoms. The Labute approximate surface area is 212 Å². The van der Waals surface area contributed by atoms with Crippen molar-refractivity contribution < 1.29 is 52.1 Å². The number of rotatable bonds is 7. The Hall–Kier alpha value is -2.99. The van der Waals surface area contributed by atoms with Crippen LogP contribution in [0.3, 0.4) is 0 Å². The van der Waals surface area contributed by atoms with E-state index in [0.29, 0.717) is 35.4 Å². The molecule has 0 saturated carbocycles. The van der Waals surface area contributed by atoms with Crippen molar-refractivity contribution in [3.05, 3.63) is 76.9 Å². The zero-order valence-electron chi connectivity index (χ0n) is 18.8. The second kappa shape index (κ2) is 9.39. The molecule has 0 unspecified atom stereocenters. The van der Waals surface area contributed by atoms with E-state index in [4.69, 9.17) is 4.55 Å². The molecule has 0 aliphatic carbocycles. The summed E-state index contributed by atoms with van der Waals surface area (Å²) in [5, 5.41) is 0. The summed E-state index contributed by atoms with van der Waals surface area (Å²) >= 11 is 0. The number of ketones is 1. The Morgan fingerprint density at radius 2 is 1.11 bits per heavy atom. The first-order valence-corrected chi connectivity index (χ1v) is 15.6. The zero-order chi connectivity index (χ0) is 28.1. The molecule has 0 radical (unpaired) electrons. The topological polar surface area (TPSA) is 214 Å². The molecule has 3 N–H and O–H groups in total. The minimum Gasteiger partial charge on any atom is -0.289 e. The lowest BCUT2D eigenvalue weighted by atomic mass is 9.97. The van der Waals surface area contributed by atoms with Crippen molar-refractivity contribution in [3.63, 3.8) is 0 Å². The fourth-order valence-electron chi connectivity index (χ4n) is 3.40. The Kier molecular flexibility index (Phi) is 7.25. The minimum atomic E-state index is -5.44. The third kappa shape index (κ3) is 5.80. The normalized spacial score (nSPS) is 12.9. The van der Waals surface area contributed by atoms with Gasteiger partial charge >= 0.3 is 0 Å². The molecule has 0 fully saturated rings. The van der Waals surface area contributed by atoms with Gasteiger partial charge in [-0.2, -0.15) is 25.3 Å². The molecule has 3 aromatic carbocycles. The van der Waals surface area contributed by atoms with Crippen LogP contribution >= 0.6 is 0 Å². The van der Waals surface area contributed by atoms with Gasteiger partial charge in [-0.05, 0) is 61.9 Å². The molecular weight excluding hydrogens is 572 g/mol. The predicted molar refractivity (Wildman–Crippen MR) is 127 cm³/mol. The van der Waals surface area contributed by atoms with Crippen molar-refractivity contribution >= 4 is 46.0 Å². The van der Waals surface area contributed by atoms with E-state index < -0.39 is 70.5 Å². The van der Waals surface area contributed by atoms with Gasteiger partial charge in [0.2, 0.25) is 9.84 Å². The quantitative estimate of drug-likeness (QED) is 0.266. The SMILES string of the molecule is Cc1ccc(C)c(C(=O)c2ccc(S(=O)(=O)c3ccc(S(=O)(=O)O)cc3S(=O)(=O)O)c(S(=O)(=O)O)c2)c1. The van der Waals surface area contributed by atoms with Crippen molar-refractivity contribution in [2.45, 2.75) is 38.3 Å². The molecule has 12 nitrogen and oxygen atoms in total. The summed E-state index contributed by atoms with van der Waals surface area (Å²) in [6.45, 7) is 3.32. The number of carbonyl (C=O) groups excluding carboxylic acids is 1. The van der Waals surface area contributed by atoms with Crippen LogP contribution < -0.4 is 0 Å². The van der Waals surface area contributed by atoms with Gasteiger partial charge in [0, 0.05) is 11.1 Å². The summed E-state index contributed by atoms with van der Waals surface area (Å²) in [6, 6.07) is 8.11. The number of carbonyl (C=O) groups is 1. The van der Waals surface area contributed by atoms with E-state index in [1.165, 1.54) is 6.07 Å². The van der Waals surface area contributed by atoms with Crippen LogP contribution in [0.4, 0.5) is 0 Å². The number of hydrogen-bond acceptors (Lipinski definition) is 9. The van der Waals surface area contributed by atoms with Crippen LogP contribution in [0, 0.1) is 13.8 Å². The van der Waals surface area contributed by atoms with Crippen LogP contribution in [0.2, 0.25) is 0 Å². The predicted octanol–water partition coefficient (Wildman–Crippen LogP) is 2.11. The van der Waals surface area contributed by atoms with Gasteiger partial charge in [-0.25, -0.2) is 8.42 Å². The number of aryl methyl sites for hydroxylation is 2. The lowest BCUT2D eigenvalue weighted by Gasteiger charge is -2.14. The third-order valence-electron chi connectivity index (χ3n) is 5.19. The van der Waals surface area contributed by atoms with Gasteiger partial charge in [0.1, 0.15) is 9.79 Å². The van der Waals surface area contributed by atoms with Gasteiger partial charge in [-0.15, -0.1) is 0 Å². The van der Waals surface area contributed by atoms with Crippen LogP contribution in [-0.2, 0) is 40.2 Å². The van der Waals surface area contributed by atoms with E-state index in [0.717, 1.165) is 6.07 Å². The maximum Gasteiger partial charge on any atom is 0.295 e. The lowest BCUT2D eigenvalue weighted by molar-refractivity contribution is 0.103. The Morgan fingerprint density at radius 3 is 1.62 bits per heavy atom. The van der Waals surface area contributed by atoms with Crippen molar-refractivity contribution in [1.82, 2.24) is 0 Å². The van der Waals surface area contributed by atoms with Crippen molar-refractivity contribution in [2.75, 3.05) is 0 Å². The lowest BCUT2D eigenvalue weighted by Crippen LogP contribution is -2.15. The highest BCUT2D eigenvalue weighted by atomic mass is 32.2. The summed E-state index contributed by atoms with van der Waals surface area (Å²) < 4.78 is 126. The van der Waals surface area contributed by atoms with Crippen molar-refractivity contribution in [1.29, 1.82) is 0 Å².